The molecule has 0 N–H and O–H groups in total. The van der Waals surface area contributed by atoms with E-state index in [4.69, 9.17) is 23.6 Å². The van der Waals surface area contributed by atoms with Gasteiger partial charge in [-0.1, -0.05) is 150 Å². The summed E-state index contributed by atoms with van der Waals surface area (Å²) >= 11 is 0. The minimum atomic E-state index is -3.08. The molecule has 4 saturated carbocycles. The molecule has 0 amide bonds. The topological polar surface area (TPSA) is 39.0 Å². The Balaban J connectivity index is 0.000000130. The summed E-state index contributed by atoms with van der Waals surface area (Å²) in [5.41, 5.74) is 5.40. The lowest BCUT2D eigenvalue weighted by Crippen LogP contribution is -2.57. The quantitative estimate of drug-likeness (QED) is 0.175. The van der Waals surface area contributed by atoms with Gasteiger partial charge in [-0.15, -0.1) is 0 Å². The van der Waals surface area contributed by atoms with Crippen molar-refractivity contribution >= 4 is 56.2 Å². The lowest BCUT2D eigenvalue weighted by atomic mass is 9.43. The molecule has 0 radical (unpaired) electrons. The van der Waals surface area contributed by atoms with Gasteiger partial charge < -0.3 is 24.0 Å². The number of anilines is 6. The van der Waals surface area contributed by atoms with E-state index in [1.807, 2.05) is 151 Å². The van der Waals surface area contributed by atoms with Gasteiger partial charge in [0.25, 0.3) is 0 Å². The average molecular weight is 1160 g/mol. The van der Waals surface area contributed by atoms with Gasteiger partial charge in [0.15, 0.2) is 5.58 Å². The van der Waals surface area contributed by atoms with Crippen LogP contribution in [0.15, 0.2) is 156 Å². The van der Waals surface area contributed by atoms with E-state index in [1.165, 1.54) is 50.3 Å². The van der Waals surface area contributed by atoms with Gasteiger partial charge in [0, 0.05) is 113 Å². The van der Waals surface area contributed by atoms with E-state index in [-0.39, 0.29) is 23.5 Å². The molecule has 6 heteroatoms. The Kier molecular flexibility index (Phi) is 10.9. The van der Waals surface area contributed by atoms with Gasteiger partial charge in [0.1, 0.15) is 11.4 Å². The molecular formula is C80H101N5O. The Labute approximate surface area is 540 Å². The summed E-state index contributed by atoms with van der Waals surface area (Å²) in [4.78, 5) is 12.8. The fourth-order valence-corrected chi connectivity index (χ4v) is 17.4. The summed E-state index contributed by atoms with van der Waals surface area (Å²) < 4.78 is 141. The number of hydrogen-bond donors (Lipinski definition) is 0. The minimum absolute atomic E-state index is 0.140. The summed E-state index contributed by atoms with van der Waals surface area (Å²) in [7, 11) is 0. The van der Waals surface area contributed by atoms with Crippen LogP contribution < -0.4 is 19.6 Å². The SMILES string of the molecule is [2H]C([2H])([2H])C1(C([2H])([2H])[2H])C(C)N(c2c(C)ccc3c2oc2ccccc23)C(C)(C)C1([2H])[2H].[2H]C([2H])([2H])C1(C)c2ccccc2N(c2ccccc2C)C1C.[2H]C([2H])([2H])C1(C)c2cccnc2N(c2ccccc2C)C1C.[2H]C1([2H])C2(C3CC4CC(C3)CC2C4)C(C)N(c2ccccc2C)C1(C)C. The van der Waals surface area contributed by atoms with Crippen LogP contribution in [0.1, 0.15) is 197 Å². The van der Waals surface area contributed by atoms with Gasteiger partial charge >= 0.3 is 0 Å². The third kappa shape index (κ3) is 9.67. The summed E-state index contributed by atoms with van der Waals surface area (Å²) in [6.07, 6.45) is 4.47. The Bertz CT molecular complexity index is 4310. The molecule has 4 aliphatic carbocycles. The second-order valence-corrected chi connectivity index (χ2v) is 28.0. The van der Waals surface area contributed by atoms with E-state index in [9.17, 15) is 2.74 Å². The zero-order chi connectivity index (χ0) is 74.8. The van der Waals surface area contributed by atoms with Gasteiger partial charge in [-0.2, -0.15) is 0 Å². The molecule has 16 rings (SSSR count). The number of hydrogen-bond acceptors (Lipinski definition) is 6. The van der Waals surface area contributed by atoms with E-state index in [1.54, 1.807) is 24.9 Å². The summed E-state index contributed by atoms with van der Waals surface area (Å²) in [5, 5.41) is 1.69. The monoisotopic (exact) mass is 1160 g/mol. The van der Waals surface area contributed by atoms with Gasteiger partial charge in [-0.25, -0.2) is 4.98 Å². The Hall–Kier alpha value is -6.53. The van der Waals surface area contributed by atoms with Crippen molar-refractivity contribution in [2.45, 2.75) is 215 Å². The molecule has 6 unspecified atom stereocenters. The highest BCUT2D eigenvalue weighted by molar-refractivity contribution is 6.09. The predicted octanol–water partition coefficient (Wildman–Crippen LogP) is 21.1. The van der Waals surface area contributed by atoms with Gasteiger partial charge in [0.05, 0.1) is 5.69 Å². The highest BCUT2D eigenvalue weighted by atomic mass is 16.3. The zero-order valence-corrected chi connectivity index (χ0v) is 53.2. The predicted molar refractivity (Wildman–Crippen MR) is 366 cm³/mol. The van der Waals surface area contributed by atoms with Crippen molar-refractivity contribution in [2.24, 2.45) is 34.5 Å². The van der Waals surface area contributed by atoms with Crippen molar-refractivity contribution in [3.63, 3.8) is 0 Å². The van der Waals surface area contributed by atoms with Crippen LogP contribution >= 0.6 is 0 Å². The molecule has 4 aliphatic heterocycles. The van der Waals surface area contributed by atoms with Crippen molar-refractivity contribution in [1.29, 1.82) is 0 Å². The van der Waals surface area contributed by atoms with Gasteiger partial charge in [-0.3, -0.25) is 0 Å². The Morgan fingerprint density at radius 1 is 0.465 bits per heavy atom. The number of rotatable bonds is 4. The first-order valence-electron chi connectivity index (χ1n) is 39.6. The molecule has 6 heterocycles. The maximum absolute atomic E-state index is 9.52. The molecule has 1 spiro atoms. The van der Waals surface area contributed by atoms with Gasteiger partial charge in [-0.05, 0) is 227 Å². The molecule has 8 aromatic rings. The van der Waals surface area contributed by atoms with Crippen LogP contribution in [0.25, 0.3) is 21.9 Å². The van der Waals surface area contributed by atoms with Crippen molar-refractivity contribution in [1.82, 2.24) is 4.98 Å². The number of nitrogens with zero attached hydrogens (tertiary/aromatic N) is 5. The first-order chi connectivity index (χ1) is 47.3. The number of aromatic nitrogens is 1. The zero-order valence-electron chi connectivity index (χ0n) is 69.2. The first kappa shape index (κ1) is 43.2. The second kappa shape index (κ2) is 21.7. The van der Waals surface area contributed by atoms with E-state index in [0.717, 1.165) is 73.3 Å². The molecule has 2 aromatic heterocycles. The third-order valence-corrected chi connectivity index (χ3v) is 21.6. The molecule has 452 valence electrons. The molecule has 2 saturated heterocycles. The van der Waals surface area contributed by atoms with Crippen LogP contribution in [0.2, 0.25) is 0 Å². The minimum Gasteiger partial charge on any atom is -0.454 e. The standard InChI is InChI=1S/C23H33N.C22H27NO.C18H21N.C17H20N2/c1-15-7-5-6-8-21(15)24-16(2)23(14-22(24,3)4)19-10-17-9-18(12-19)13-20(23)11-17;1-14-11-12-17-16-9-7-8-10-18(16)24-20(17)19(14)23-15(2)21(3,4)13-22(23,5)6;1-13-9-5-7-11-16(13)19-14(2)18(3,4)15-10-6-8-12-17(15)19;1-12-8-5-6-10-15(12)19-13(2)17(3,4)14-9-7-11-18-16(14)19/h5-8,16-20H,9-14H2,1-4H3;7-12,15H,13H2,1-6H3;5-12,14H,1-4H3;5-11,13H,1-4H3/i14D2;3D3,4D3,13D2;2*3D3. The van der Waals surface area contributed by atoms with Crippen LogP contribution in [0, 0.1) is 62.2 Å². The summed E-state index contributed by atoms with van der Waals surface area (Å²) in [6.45, 7) is 16.8. The lowest BCUT2D eigenvalue weighted by Gasteiger charge is -2.62. The highest BCUT2D eigenvalue weighted by Crippen LogP contribution is 2.69. The Morgan fingerprint density at radius 2 is 0.977 bits per heavy atom. The van der Waals surface area contributed by atoms with E-state index < -0.39 is 73.5 Å². The number of aryl methyl sites for hydroxylation is 4. The fraction of sp³-hybridized carbons (Fsp3) is 0.487. The van der Waals surface area contributed by atoms with E-state index >= 15 is 0 Å². The van der Waals surface area contributed by atoms with Crippen LogP contribution in [-0.4, -0.2) is 40.2 Å². The van der Waals surface area contributed by atoms with Crippen molar-refractivity contribution in [3.05, 3.63) is 185 Å². The van der Waals surface area contributed by atoms with Crippen molar-refractivity contribution in [3.8, 4) is 0 Å². The van der Waals surface area contributed by atoms with Crippen LogP contribution in [0.3, 0.4) is 0 Å². The molecule has 6 nitrogen and oxygen atoms in total. The highest BCUT2D eigenvalue weighted by Gasteiger charge is 2.66. The smallest absolute Gasteiger partial charge is 0.158 e. The number of pyridine rings is 1. The fourth-order valence-electron chi connectivity index (χ4n) is 17.4. The van der Waals surface area contributed by atoms with E-state index in [0.29, 0.717) is 28.7 Å². The third-order valence-electron chi connectivity index (χ3n) is 21.6. The van der Waals surface area contributed by atoms with Crippen LogP contribution in [-0.2, 0) is 10.8 Å². The molecular weight excluding hydrogens is 1050 g/mol. The number of benzene rings is 6. The summed E-state index contributed by atoms with van der Waals surface area (Å²) in [6, 6.07) is 46.4. The van der Waals surface area contributed by atoms with Crippen LogP contribution in [0.5, 0.6) is 0 Å². The molecule has 6 fully saturated rings. The average Bonchev–Trinajstić information content (AvgIpc) is 1.49. The summed E-state index contributed by atoms with van der Waals surface area (Å²) in [5.74, 6) is 3.64. The van der Waals surface area contributed by atoms with Crippen molar-refractivity contribution < 1.29 is 26.3 Å². The maximum atomic E-state index is 9.52. The molecule has 86 heavy (non-hydrogen) atoms. The van der Waals surface area contributed by atoms with E-state index in [2.05, 4.69) is 90.7 Å². The lowest BCUT2D eigenvalue weighted by molar-refractivity contribution is -0.113. The van der Waals surface area contributed by atoms with Crippen molar-refractivity contribution in [2.75, 3.05) is 19.6 Å². The maximum Gasteiger partial charge on any atom is 0.158 e. The number of fused-ring (bicyclic) bond motifs is 5. The second-order valence-electron chi connectivity index (χ2n) is 28.0. The largest absolute Gasteiger partial charge is 0.454 e. The normalized spacial score (nSPS) is 34.7. The van der Waals surface area contributed by atoms with Crippen LogP contribution in [0.4, 0.5) is 34.3 Å². The molecule has 6 atom stereocenters. The molecule has 8 aliphatic rings. The number of furan rings is 1. The number of para-hydroxylation sites is 5. The Morgan fingerprint density at radius 3 is 1.57 bits per heavy atom. The molecule has 6 aromatic carbocycles. The molecule has 4 bridgehead atoms. The van der Waals surface area contributed by atoms with Gasteiger partial charge in [0.2, 0.25) is 0 Å². The first-order valence-corrected chi connectivity index (χ1v) is 31.6.